The molecule has 0 aliphatic rings. The third-order valence-electron chi connectivity index (χ3n) is 3.34. The maximum atomic E-state index is 12.6. The Morgan fingerprint density at radius 3 is 2.26 bits per heavy atom. The lowest BCUT2D eigenvalue weighted by Gasteiger charge is -2.21. The van der Waals surface area contributed by atoms with Gasteiger partial charge < -0.3 is 5.32 Å². The first-order chi connectivity index (χ1) is 8.92. The first-order valence-electron chi connectivity index (χ1n) is 6.14. The maximum Gasteiger partial charge on any atom is 0.390 e. The molecule has 0 radical (unpaired) electrons. The Morgan fingerprint density at radius 1 is 1.05 bits per heavy atom. The minimum Gasteiger partial charge on any atom is -0.313 e. The van der Waals surface area contributed by atoms with Crippen LogP contribution in [0.2, 0.25) is 0 Å². The van der Waals surface area contributed by atoms with E-state index in [1.54, 1.807) is 13.1 Å². The Balaban J connectivity index is 2.52. The average molecular weight is 267 g/mol. The van der Waals surface area contributed by atoms with Crippen molar-refractivity contribution in [3.05, 3.63) is 47.5 Å². The summed E-state index contributed by atoms with van der Waals surface area (Å²) in [5.41, 5.74) is 1.77. The second-order valence-corrected chi connectivity index (χ2v) is 4.68. The van der Waals surface area contributed by atoms with Crippen molar-refractivity contribution in [2.45, 2.75) is 25.6 Å². The molecule has 1 atom stereocenters. The van der Waals surface area contributed by atoms with Crippen LogP contribution in [0.1, 0.15) is 23.6 Å². The summed E-state index contributed by atoms with van der Waals surface area (Å²) in [6.07, 6.45) is -5.05. The summed E-state index contributed by atoms with van der Waals surface area (Å²) >= 11 is 0. The first kappa shape index (κ1) is 13.9. The zero-order chi connectivity index (χ0) is 14.0. The minimum absolute atomic E-state index is 0.695. The smallest absolute Gasteiger partial charge is 0.313 e. The Morgan fingerprint density at radius 2 is 1.68 bits per heavy atom. The van der Waals surface area contributed by atoms with Gasteiger partial charge in [-0.05, 0) is 35.9 Å². The summed E-state index contributed by atoms with van der Waals surface area (Å²) < 4.78 is 37.9. The van der Waals surface area contributed by atoms with Crippen LogP contribution in [0, 0.1) is 6.92 Å². The van der Waals surface area contributed by atoms with Crippen molar-refractivity contribution in [3.63, 3.8) is 0 Å². The lowest BCUT2D eigenvalue weighted by Crippen LogP contribution is -2.23. The molecular formula is C15H16F3N. The second kappa shape index (κ2) is 5.21. The number of hydrogen-bond donors (Lipinski definition) is 1. The van der Waals surface area contributed by atoms with Crippen LogP contribution >= 0.6 is 0 Å². The van der Waals surface area contributed by atoms with Gasteiger partial charge in [-0.2, -0.15) is 13.2 Å². The third kappa shape index (κ3) is 3.07. The molecule has 0 saturated carbocycles. The van der Waals surface area contributed by atoms with Crippen LogP contribution in [0.3, 0.4) is 0 Å². The van der Waals surface area contributed by atoms with Crippen LogP contribution in [0.5, 0.6) is 0 Å². The predicted octanol–water partition coefficient (Wildman–Crippen LogP) is 4.36. The number of rotatable bonds is 3. The molecule has 0 aromatic heterocycles. The van der Waals surface area contributed by atoms with Crippen LogP contribution in [0.4, 0.5) is 13.2 Å². The van der Waals surface area contributed by atoms with Gasteiger partial charge in [0.2, 0.25) is 0 Å². The molecule has 102 valence electrons. The SMILES string of the molecule is CNC(CC(F)(F)F)c1ccc(C)c2ccccc12. The van der Waals surface area contributed by atoms with Crippen LogP contribution in [-0.4, -0.2) is 13.2 Å². The number of hydrogen-bond acceptors (Lipinski definition) is 1. The zero-order valence-corrected chi connectivity index (χ0v) is 10.9. The summed E-state index contributed by atoms with van der Waals surface area (Å²) in [7, 11) is 1.56. The van der Waals surface area contributed by atoms with E-state index in [-0.39, 0.29) is 0 Å². The van der Waals surface area contributed by atoms with E-state index in [1.807, 2.05) is 37.3 Å². The normalized spacial score (nSPS) is 13.7. The highest BCUT2D eigenvalue weighted by Gasteiger charge is 2.32. The molecule has 2 rings (SSSR count). The molecular weight excluding hydrogens is 251 g/mol. The Hall–Kier alpha value is -1.55. The van der Waals surface area contributed by atoms with Gasteiger partial charge in [-0.1, -0.05) is 36.4 Å². The molecule has 0 spiro atoms. The van der Waals surface area contributed by atoms with Gasteiger partial charge in [0.15, 0.2) is 0 Å². The highest BCUT2D eigenvalue weighted by Crippen LogP contribution is 2.33. The fraction of sp³-hybridized carbons (Fsp3) is 0.333. The molecule has 1 nitrogen and oxygen atoms in total. The first-order valence-corrected chi connectivity index (χ1v) is 6.14. The Kier molecular flexibility index (Phi) is 3.80. The van der Waals surface area contributed by atoms with Gasteiger partial charge in [0.25, 0.3) is 0 Å². The van der Waals surface area contributed by atoms with Crippen molar-refractivity contribution >= 4 is 10.8 Å². The molecule has 1 N–H and O–H groups in total. The molecule has 2 aromatic carbocycles. The van der Waals surface area contributed by atoms with Gasteiger partial charge in [-0.15, -0.1) is 0 Å². The van der Waals surface area contributed by atoms with Crippen LogP contribution in [-0.2, 0) is 0 Å². The van der Waals surface area contributed by atoms with E-state index < -0.39 is 18.6 Å². The average Bonchev–Trinajstić information content (AvgIpc) is 2.36. The molecule has 1 unspecified atom stereocenters. The van der Waals surface area contributed by atoms with Gasteiger partial charge in [0.1, 0.15) is 0 Å². The Labute approximate surface area is 110 Å². The number of nitrogens with one attached hydrogen (secondary N) is 1. The minimum atomic E-state index is -4.18. The lowest BCUT2D eigenvalue weighted by atomic mass is 9.94. The molecule has 0 saturated heterocycles. The fourth-order valence-electron chi connectivity index (χ4n) is 2.38. The predicted molar refractivity (Wildman–Crippen MR) is 71.2 cm³/mol. The highest BCUT2D eigenvalue weighted by atomic mass is 19.4. The van der Waals surface area contributed by atoms with Crippen molar-refractivity contribution in [2.24, 2.45) is 0 Å². The highest BCUT2D eigenvalue weighted by molar-refractivity contribution is 5.88. The summed E-state index contributed by atoms with van der Waals surface area (Å²) in [5.74, 6) is 0. The van der Waals surface area contributed by atoms with E-state index in [0.717, 1.165) is 16.3 Å². The third-order valence-corrected chi connectivity index (χ3v) is 3.34. The largest absolute Gasteiger partial charge is 0.390 e. The van der Waals surface area contributed by atoms with Crippen LogP contribution < -0.4 is 5.32 Å². The molecule has 4 heteroatoms. The summed E-state index contributed by atoms with van der Waals surface area (Å²) in [6.45, 7) is 1.96. The number of alkyl halides is 3. The standard InChI is InChI=1S/C15H16F3N/c1-10-7-8-13(12-6-4-3-5-11(10)12)14(19-2)9-15(16,17)18/h3-8,14,19H,9H2,1-2H3. The Bertz CT molecular complexity index is 575. The van der Waals surface area contributed by atoms with E-state index in [0.29, 0.717) is 5.56 Å². The monoisotopic (exact) mass is 267 g/mol. The number of benzene rings is 2. The van der Waals surface area contributed by atoms with E-state index in [1.165, 1.54) is 0 Å². The lowest BCUT2D eigenvalue weighted by molar-refractivity contribution is -0.140. The van der Waals surface area contributed by atoms with E-state index >= 15 is 0 Å². The number of aryl methyl sites for hydroxylation is 1. The molecule has 0 amide bonds. The van der Waals surface area contributed by atoms with Crippen LogP contribution in [0.25, 0.3) is 10.8 Å². The summed E-state index contributed by atoms with van der Waals surface area (Å²) in [5, 5.41) is 4.65. The topological polar surface area (TPSA) is 12.0 Å². The van der Waals surface area contributed by atoms with Crippen molar-refractivity contribution in [1.82, 2.24) is 5.32 Å². The van der Waals surface area contributed by atoms with E-state index in [4.69, 9.17) is 0 Å². The molecule has 19 heavy (non-hydrogen) atoms. The van der Waals surface area contributed by atoms with Gasteiger partial charge in [-0.25, -0.2) is 0 Å². The second-order valence-electron chi connectivity index (χ2n) is 4.68. The van der Waals surface area contributed by atoms with Gasteiger partial charge >= 0.3 is 6.18 Å². The molecule has 0 aliphatic heterocycles. The number of fused-ring (bicyclic) bond motifs is 1. The van der Waals surface area contributed by atoms with Gasteiger partial charge in [-0.3, -0.25) is 0 Å². The summed E-state index contributed by atoms with van der Waals surface area (Å²) in [4.78, 5) is 0. The summed E-state index contributed by atoms with van der Waals surface area (Å²) in [6, 6.07) is 10.5. The van der Waals surface area contributed by atoms with Crippen molar-refractivity contribution in [1.29, 1.82) is 0 Å². The van der Waals surface area contributed by atoms with E-state index in [2.05, 4.69) is 5.32 Å². The number of halogens is 3. The molecule has 0 fully saturated rings. The molecule has 0 heterocycles. The molecule has 0 bridgehead atoms. The van der Waals surface area contributed by atoms with Crippen molar-refractivity contribution in [2.75, 3.05) is 7.05 Å². The van der Waals surface area contributed by atoms with Crippen molar-refractivity contribution in [3.8, 4) is 0 Å². The van der Waals surface area contributed by atoms with Gasteiger partial charge in [0, 0.05) is 6.04 Å². The van der Waals surface area contributed by atoms with Crippen molar-refractivity contribution < 1.29 is 13.2 Å². The fourth-order valence-corrected chi connectivity index (χ4v) is 2.38. The maximum absolute atomic E-state index is 12.6. The molecule has 0 aliphatic carbocycles. The van der Waals surface area contributed by atoms with Gasteiger partial charge in [0.05, 0.1) is 6.42 Å². The van der Waals surface area contributed by atoms with E-state index in [9.17, 15) is 13.2 Å². The zero-order valence-electron chi connectivity index (χ0n) is 10.9. The quantitative estimate of drug-likeness (QED) is 0.871. The van der Waals surface area contributed by atoms with Crippen LogP contribution in [0.15, 0.2) is 36.4 Å². The molecule has 2 aromatic rings.